The van der Waals surface area contributed by atoms with Gasteiger partial charge in [-0.1, -0.05) is 23.7 Å². The smallest absolute Gasteiger partial charge is 0.406 e. The molecule has 0 aliphatic heterocycles. The molecule has 0 aliphatic rings. The maximum absolute atomic E-state index is 8.44. The van der Waals surface area contributed by atoms with E-state index in [1.807, 2.05) is 19.1 Å². The molecule has 0 saturated heterocycles. The van der Waals surface area contributed by atoms with E-state index < -0.39 is 0 Å². The molecule has 0 fully saturated rings. The molecule has 58 valence electrons. The van der Waals surface area contributed by atoms with Gasteiger partial charge in [-0.2, -0.15) is 0 Å². The minimum atomic E-state index is 0. The molecule has 0 heterocycles. The van der Waals surface area contributed by atoms with Crippen LogP contribution in [0.25, 0.3) is 4.98 Å². The Kier molecular flexibility index (Phi) is 3.49. The molecule has 0 saturated carbocycles. The van der Waals surface area contributed by atoms with E-state index in [9.17, 15) is 0 Å². The molecular weight excluding hydrogens is 167 g/mol. The van der Waals surface area contributed by atoms with E-state index in [1.165, 1.54) is 0 Å². The van der Waals surface area contributed by atoms with Gasteiger partial charge in [0.1, 0.15) is 5.02 Å². The van der Waals surface area contributed by atoms with Gasteiger partial charge in [0, 0.05) is 5.56 Å². The first-order valence-electron chi connectivity index (χ1n) is 2.86. The predicted molar refractivity (Wildman–Crippen MR) is 40.9 cm³/mol. The fourth-order valence-corrected chi connectivity index (χ4v) is 1.01. The van der Waals surface area contributed by atoms with Crippen molar-refractivity contribution in [3.05, 3.63) is 33.8 Å². The standard InChI is InChI=1S/C7H6ClN2.FH/c1-5-3-2-4-6(8)7(5)10-9;/h2-4H,1H3;1H/q+1;/p-1. The van der Waals surface area contributed by atoms with Gasteiger partial charge in [-0.05, 0) is 13.0 Å². The van der Waals surface area contributed by atoms with E-state index in [-0.39, 0.29) is 4.70 Å². The maximum atomic E-state index is 8.44. The highest BCUT2D eigenvalue weighted by Gasteiger charge is 2.13. The Morgan fingerprint density at radius 3 is 2.45 bits per heavy atom. The van der Waals surface area contributed by atoms with Gasteiger partial charge in [0.2, 0.25) is 5.39 Å². The Morgan fingerprint density at radius 1 is 1.45 bits per heavy atom. The summed E-state index contributed by atoms with van der Waals surface area (Å²) >= 11 is 5.68. The van der Waals surface area contributed by atoms with E-state index in [4.69, 9.17) is 17.0 Å². The lowest BCUT2D eigenvalue weighted by Gasteiger charge is -1.86. The molecule has 2 nitrogen and oxygen atoms in total. The highest BCUT2D eigenvalue weighted by Crippen LogP contribution is 2.27. The fourth-order valence-electron chi connectivity index (χ4n) is 0.750. The monoisotopic (exact) mass is 172 g/mol. The van der Waals surface area contributed by atoms with Crippen molar-refractivity contribution in [2.45, 2.75) is 6.92 Å². The van der Waals surface area contributed by atoms with Crippen molar-refractivity contribution in [3.8, 4) is 0 Å². The normalized spacial score (nSPS) is 8.09. The van der Waals surface area contributed by atoms with Crippen LogP contribution in [0.4, 0.5) is 5.69 Å². The van der Waals surface area contributed by atoms with Crippen molar-refractivity contribution in [1.82, 2.24) is 0 Å². The number of hydrogen-bond donors (Lipinski definition) is 0. The molecule has 1 aromatic rings. The first-order valence-corrected chi connectivity index (χ1v) is 3.23. The second-order valence-corrected chi connectivity index (χ2v) is 2.41. The second kappa shape index (κ2) is 3.89. The fraction of sp³-hybridized carbons (Fsp3) is 0.143. The van der Waals surface area contributed by atoms with Crippen LogP contribution >= 0.6 is 11.6 Å². The lowest BCUT2D eigenvalue weighted by Crippen LogP contribution is -3.00. The topological polar surface area (TPSA) is 28.1 Å². The van der Waals surface area contributed by atoms with Crippen molar-refractivity contribution in [2.24, 2.45) is 0 Å². The summed E-state index contributed by atoms with van der Waals surface area (Å²) in [6.45, 7) is 1.83. The molecular formula is C7H6ClFN2. The van der Waals surface area contributed by atoms with Crippen LogP contribution in [-0.4, -0.2) is 0 Å². The number of nitrogens with zero attached hydrogens (tertiary/aromatic N) is 2. The quantitative estimate of drug-likeness (QED) is 0.512. The molecule has 0 amide bonds. The van der Waals surface area contributed by atoms with Gasteiger partial charge in [0.15, 0.2) is 4.98 Å². The van der Waals surface area contributed by atoms with E-state index in [1.54, 1.807) is 6.07 Å². The molecule has 1 rings (SSSR count). The van der Waals surface area contributed by atoms with E-state index >= 15 is 0 Å². The molecule has 0 spiro atoms. The molecule has 1 aromatic carbocycles. The number of hydrogen-bond acceptors (Lipinski definition) is 1. The summed E-state index contributed by atoms with van der Waals surface area (Å²) in [5.41, 5.74) is 1.32. The summed E-state index contributed by atoms with van der Waals surface area (Å²) in [7, 11) is 0. The third-order valence-electron chi connectivity index (χ3n) is 1.29. The predicted octanol–water partition coefficient (Wildman–Crippen LogP) is 0.137. The van der Waals surface area contributed by atoms with Crippen LogP contribution < -0.4 is 4.70 Å². The Hall–Kier alpha value is -1.14. The van der Waals surface area contributed by atoms with Gasteiger partial charge in [-0.15, -0.1) is 0 Å². The minimum absolute atomic E-state index is 0. The number of halogens is 2. The number of aryl methyl sites for hydroxylation is 1. The molecule has 0 aromatic heterocycles. The van der Waals surface area contributed by atoms with Gasteiger partial charge < -0.3 is 4.70 Å². The average molecular weight is 173 g/mol. The highest BCUT2D eigenvalue weighted by atomic mass is 35.5. The molecule has 4 heteroatoms. The Morgan fingerprint density at radius 2 is 2.09 bits per heavy atom. The first kappa shape index (κ1) is 9.86. The Labute approximate surface area is 68.8 Å². The van der Waals surface area contributed by atoms with Gasteiger partial charge in [0.05, 0.1) is 0 Å². The van der Waals surface area contributed by atoms with Gasteiger partial charge in [-0.3, -0.25) is 0 Å². The zero-order valence-corrected chi connectivity index (χ0v) is 6.64. The minimum Gasteiger partial charge on any atom is -1.00 e. The van der Waals surface area contributed by atoms with Crippen LogP contribution in [0.1, 0.15) is 5.56 Å². The summed E-state index contributed by atoms with van der Waals surface area (Å²) in [6.07, 6.45) is 0. The summed E-state index contributed by atoms with van der Waals surface area (Å²) in [5.74, 6) is 0. The van der Waals surface area contributed by atoms with E-state index in [2.05, 4.69) is 4.98 Å². The lowest BCUT2D eigenvalue weighted by atomic mass is 10.2. The Balaban J connectivity index is 0.000001000. The van der Waals surface area contributed by atoms with Crippen LogP contribution in [0.3, 0.4) is 0 Å². The molecule has 0 aliphatic carbocycles. The summed E-state index contributed by atoms with van der Waals surface area (Å²) in [4.78, 5) is 3.04. The van der Waals surface area contributed by atoms with E-state index in [0.717, 1.165) is 5.56 Å². The third kappa shape index (κ3) is 1.89. The van der Waals surface area contributed by atoms with Gasteiger partial charge in [0.25, 0.3) is 0 Å². The number of benzene rings is 1. The van der Waals surface area contributed by atoms with Crippen LogP contribution in [-0.2, 0) is 0 Å². The SMILES string of the molecule is Cc1cccc(Cl)c1[N+]#N.[F-]. The largest absolute Gasteiger partial charge is 1.00 e. The number of diazo groups is 1. The zero-order valence-electron chi connectivity index (χ0n) is 5.88. The van der Waals surface area contributed by atoms with Crippen molar-refractivity contribution in [3.63, 3.8) is 0 Å². The molecule has 0 radical (unpaired) electrons. The molecule has 0 bridgehead atoms. The molecule has 11 heavy (non-hydrogen) atoms. The van der Waals surface area contributed by atoms with E-state index in [0.29, 0.717) is 10.7 Å². The summed E-state index contributed by atoms with van der Waals surface area (Å²) in [6, 6.07) is 5.33. The van der Waals surface area contributed by atoms with Crippen molar-refractivity contribution in [1.29, 1.82) is 5.39 Å². The zero-order chi connectivity index (χ0) is 7.56. The molecule has 0 unspecified atom stereocenters. The maximum Gasteiger partial charge on any atom is 0.406 e. The first-order chi connectivity index (χ1) is 4.75. The van der Waals surface area contributed by atoms with Crippen LogP contribution in [0.15, 0.2) is 18.2 Å². The van der Waals surface area contributed by atoms with Crippen LogP contribution in [0.5, 0.6) is 0 Å². The highest BCUT2D eigenvalue weighted by molar-refractivity contribution is 6.33. The third-order valence-corrected chi connectivity index (χ3v) is 1.59. The summed E-state index contributed by atoms with van der Waals surface area (Å²) < 4.78 is 0. The molecule has 0 atom stereocenters. The van der Waals surface area contributed by atoms with Crippen molar-refractivity contribution < 1.29 is 4.70 Å². The van der Waals surface area contributed by atoms with Crippen LogP contribution in [0, 0.1) is 12.3 Å². The van der Waals surface area contributed by atoms with Gasteiger partial charge >= 0.3 is 5.69 Å². The summed E-state index contributed by atoms with van der Waals surface area (Å²) in [5, 5.41) is 8.91. The molecule has 0 N–H and O–H groups in total. The lowest BCUT2D eigenvalue weighted by molar-refractivity contribution is -0.00000223. The number of rotatable bonds is 0. The average Bonchev–Trinajstić information content (AvgIpc) is 1.88. The van der Waals surface area contributed by atoms with Crippen LogP contribution in [0.2, 0.25) is 5.02 Å². The second-order valence-electron chi connectivity index (χ2n) is 2.01. The van der Waals surface area contributed by atoms with Crippen molar-refractivity contribution in [2.75, 3.05) is 0 Å². The van der Waals surface area contributed by atoms with Crippen molar-refractivity contribution >= 4 is 17.3 Å². The Bertz CT molecular complexity index is 273. The van der Waals surface area contributed by atoms with Gasteiger partial charge in [-0.25, -0.2) is 0 Å².